The highest BCUT2D eigenvalue weighted by molar-refractivity contribution is 5.94. The van der Waals surface area contributed by atoms with Crippen LogP contribution >= 0.6 is 0 Å². The second-order valence-corrected chi connectivity index (χ2v) is 5.40. The van der Waals surface area contributed by atoms with Crippen molar-refractivity contribution in [2.24, 2.45) is 0 Å². The topological polar surface area (TPSA) is 38.3 Å². The zero-order valence-corrected chi connectivity index (χ0v) is 13.3. The molecule has 0 unspecified atom stereocenters. The summed E-state index contributed by atoms with van der Waals surface area (Å²) in [6.45, 7) is 5.66. The first-order valence-electron chi connectivity index (χ1n) is 7.40. The summed E-state index contributed by atoms with van der Waals surface area (Å²) < 4.78 is 31.9. The van der Waals surface area contributed by atoms with Gasteiger partial charge in [-0.2, -0.15) is 0 Å². The van der Waals surface area contributed by atoms with E-state index in [0.717, 1.165) is 23.3 Å². The van der Waals surface area contributed by atoms with Gasteiger partial charge < -0.3 is 10.1 Å². The monoisotopic (exact) mass is 319 g/mol. The van der Waals surface area contributed by atoms with Gasteiger partial charge in [-0.15, -0.1) is 0 Å². The smallest absolute Gasteiger partial charge is 0.265 e. The second-order valence-electron chi connectivity index (χ2n) is 5.40. The number of anilines is 1. The van der Waals surface area contributed by atoms with Crippen LogP contribution in [0.4, 0.5) is 14.5 Å². The predicted molar refractivity (Wildman–Crippen MR) is 85.6 cm³/mol. The number of rotatable bonds is 5. The van der Waals surface area contributed by atoms with Gasteiger partial charge in [0.15, 0.2) is 17.7 Å². The third kappa shape index (κ3) is 4.28. The summed E-state index contributed by atoms with van der Waals surface area (Å²) in [7, 11) is 0. The van der Waals surface area contributed by atoms with Crippen LogP contribution in [0.2, 0.25) is 0 Å². The van der Waals surface area contributed by atoms with Gasteiger partial charge in [0, 0.05) is 11.8 Å². The highest BCUT2D eigenvalue weighted by atomic mass is 19.2. The number of benzene rings is 2. The van der Waals surface area contributed by atoms with Gasteiger partial charge in [0.2, 0.25) is 0 Å². The SMILES string of the molecule is CC[C@H](Oc1cc(C)ccc1C)C(=O)Nc1ccc(F)c(F)c1. The van der Waals surface area contributed by atoms with E-state index in [0.29, 0.717) is 12.2 Å². The van der Waals surface area contributed by atoms with E-state index in [1.807, 2.05) is 39.0 Å². The zero-order valence-electron chi connectivity index (χ0n) is 13.3. The van der Waals surface area contributed by atoms with Crippen molar-refractivity contribution < 1.29 is 18.3 Å². The molecule has 0 bridgehead atoms. The summed E-state index contributed by atoms with van der Waals surface area (Å²) in [5.74, 6) is -1.73. The summed E-state index contributed by atoms with van der Waals surface area (Å²) in [6, 6.07) is 8.97. The molecule has 3 nitrogen and oxygen atoms in total. The molecule has 122 valence electrons. The number of hydrogen-bond acceptors (Lipinski definition) is 2. The Balaban J connectivity index is 2.11. The Morgan fingerprint density at radius 2 is 1.87 bits per heavy atom. The molecule has 1 N–H and O–H groups in total. The normalized spacial score (nSPS) is 11.9. The Bertz CT molecular complexity index is 716. The molecule has 0 heterocycles. The fraction of sp³-hybridized carbons (Fsp3) is 0.278. The average molecular weight is 319 g/mol. The van der Waals surface area contributed by atoms with Crippen LogP contribution in [0.5, 0.6) is 5.75 Å². The van der Waals surface area contributed by atoms with Crippen LogP contribution in [0, 0.1) is 25.5 Å². The molecule has 1 amide bonds. The van der Waals surface area contributed by atoms with Gasteiger partial charge in [-0.3, -0.25) is 4.79 Å². The zero-order chi connectivity index (χ0) is 17.0. The summed E-state index contributed by atoms with van der Waals surface area (Å²) in [5.41, 5.74) is 2.15. The van der Waals surface area contributed by atoms with E-state index >= 15 is 0 Å². The first-order chi connectivity index (χ1) is 10.9. The molecule has 0 aliphatic heterocycles. The number of hydrogen-bond donors (Lipinski definition) is 1. The Morgan fingerprint density at radius 3 is 2.52 bits per heavy atom. The first-order valence-corrected chi connectivity index (χ1v) is 7.40. The molecule has 0 saturated carbocycles. The Hall–Kier alpha value is -2.43. The van der Waals surface area contributed by atoms with Crippen LogP contribution in [0.3, 0.4) is 0 Å². The third-order valence-electron chi connectivity index (χ3n) is 3.46. The van der Waals surface area contributed by atoms with Crippen molar-refractivity contribution in [1.82, 2.24) is 0 Å². The Labute approximate surface area is 134 Å². The fourth-order valence-electron chi connectivity index (χ4n) is 2.11. The summed E-state index contributed by atoms with van der Waals surface area (Å²) in [6.07, 6.45) is -0.272. The van der Waals surface area contributed by atoms with Crippen molar-refractivity contribution >= 4 is 11.6 Å². The molecule has 0 radical (unpaired) electrons. The standard InChI is InChI=1S/C18H19F2NO2/c1-4-16(23-17-9-11(2)5-6-12(17)3)18(22)21-13-7-8-14(19)15(20)10-13/h5-10,16H,4H2,1-3H3,(H,21,22)/t16-/m0/s1. The number of halogens is 2. The summed E-state index contributed by atoms with van der Waals surface area (Å²) in [5, 5.41) is 2.54. The third-order valence-corrected chi connectivity index (χ3v) is 3.46. The van der Waals surface area contributed by atoms with Gasteiger partial charge in [-0.25, -0.2) is 8.78 Å². The molecule has 5 heteroatoms. The maximum absolute atomic E-state index is 13.2. The minimum absolute atomic E-state index is 0.192. The number of ether oxygens (including phenoxy) is 1. The summed E-state index contributed by atoms with van der Waals surface area (Å²) in [4.78, 5) is 12.3. The van der Waals surface area contributed by atoms with E-state index in [-0.39, 0.29) is 5.69 Å². The van der Waals surface area contributed by atoms with E-state index in [1.165, 1.54) is 6.07 Å². The molecular weight excluding hydrogens is 300 g/mol. The molecule has 0 fully saturated rings. The van der Waals surface area contributed by atoms with Crippen molar-refractivity contribution in [3.63, 3.8) is 0 Å². The minimum atomic E-state index is -1.01. The second kappa shape index (κ2) is 7.22. The number of carbonyl (C=O) groups is 1. The van der Waals surface area contributed by atoms with Gasteiger partial charge in [-0.1, -0.05) is 19.1 Å². The van der Waals surface area contributed by atoms with E-state index in [1.54, 1.807) is 0 Å². The van der Waals surface area contributed by atoms with Gasteiger partial charge in [0.05, 0.1) is 0 Å². The molecule has 0 spiro atoms. The van der Waals surface area contributed by atoms with E-state index in [4.69, 9.17) is 4.74 Å². The van der Waals surface area contributed by atoms with Crippen LogP contribution in [0.25, 0.3) is 0 Å². The van der Waals surface area contributed by atoms with Gasteiger partial charge in [-0.05, 0) is 49.6 Å². The lowest BCUT2D eigenvalue weighted by atomic mass is 10.1. The fourth-order valence-corrected chi connectivity index (χ4v) is 2.11. The Kier molecular flexibility index (Phi) is 5.32. The maximum Gasteiger partial charge on any atom is 0.265 e. The molecule has 2 aromatic rings. The summed E-state index contributed by atoms with van der Waals surface area (Å²) >= 11 is 0. The maximum atomic E-state index is 13.2. The van der Waals surface area contributed by atoms with Crippen LogP contribution in [-0.2, 0) is 4.79 Å². The molecule has 0 aromatic heterocycles. The van der Waals surface area contributed by atoms with Gasteiger partial charge >= 0.3 is 0 Å². The largest absolute Gasteiger partial charge is 0.480 e. The average Bonchev–Trinajstić information content (AvgIpc) is 2.51. The molecule has 0 saturated heterocycles. The van der Waals surface area contributed by atoms with E-state index < -0.39 is 23.6 Å². The first kappa shape index (κ1) is 16.9. The van der Waals surface area contributed by atoms with Crippen LogP contribution in [-0.4, -0.2) is 12.0 Å². The molecule has 0 aliphatic rings. The van der Waals surface area contributed by atoms with Crippen LogP contribution < -0.4 is 10.1 Å². The minimum Gasteiger partial charge on any atom is -0.480 e. The lowest BCUT2D eigenvalue weighted by Gasteiger charge is -2.19. The van der Waals surface area contributed by atoms with Gasteiger partial charge in [0.25, 0.3) is 5.91 Å². The van der Waals surface area contributed by atoms with Crippen LogP contribution in [0.15, 0.2) is 36.4 Å². The molecule has 0 aliphatic carbocycles. The molecule has 1 atom stereocenters. The van der Waals surface area contributed by atoms with Crippen molar-refractivity contribution in [2.45, 2.75) is 33.3 Å². The van der Waals surface area contributed by atoms with Crippen LogP contribution in [0.1, 0.15) is 24.5 Å². The predicted octanol–water partition coefficient (Wildman–Crippen LogP) is 4.38. The van der Waals surface area contributed by atoms with E-state index in [2.05, 4.69) is 5.32 Å². The van der Waals surface area contributed by atoms with E-state index in [9.17, 15) is 13.6 Å². The lowest BCUT2D eigenvalue weighted by Crippen LogP contribution is -2.32. The molecule has 2 rings (SSSR count). The van der Waals surface area contributed by atoms with Crippen molar-refractivity contribution in [1.29, 1.82) is 0 Å². The number of nitrogens with one attached hydrogen (secondary N) is 1. The van der Waals surface area contributed by atoms with Crippen molar-refractivity contribution in [2.75, 3.05) is 5.32 Å². The number of amides is 1. The number of aryl methyl sites for hydroxylation is 2. The quantitative estimate of drug-likeness (QED) is 0.888. The highest BCUT2D eigenvalue weighted by Gasteiger charge is 2.20. The van der Waals surface area contributed by atoms with Crippen molar-refractivity contribution in [3.8, 4) is 5.75 Å². The van der Waals surface area contributed by atoms with Gasteiger partial charge in [0.1, 0.15) is 5.75 Å². The lowest BCUT2D eigenvalue weighted by molar-refractivity contribution is -0.122. The molecule has 23 heavy (non-hydrogen) atoms. The molecule has 2 aromatic carbocycles. The van der Waals surface area contributed by atoms with Crippen molar-refractivity contribution in [3.05, 3.63) is 59.2 Å². The number of carbonyl (C=O) groups excluding carboxylic acids is 1. The molecular formula is C18H19F2NO2. The Morgan fingerprint density at radius 1 is 1.13 bits per heavy atom. The highest BCUT2D eigenvalue weighted by Crippen LogP contribution is 2.22.